The van der Waals surface area contributed by atoms with Crippen LogP contribution in [0.25, 0.3) is 11.4 Å². The Morgan fingerprint density at radius 1 is 1.11 bits per heavy atom. The minimum absolute atomic E-state index is 0.218. The number of carbonyl (C=O) groups is 2. The highest BCUT2D eigenvalue weighted by Crippen LogP contribution is 2.42. The zero-order valence-electron chi connectivity index (χ0n) is 16.3. The zero-order valence-corrected chi connectivity index (χ0v) is 17.1. The standard InChI is InChI=1S/C19H23ClN6O2/c1-11(2)9-10-25-14-16(23(3)19(28)24(4)17(14)27)26-15(21-22-18(25)26)12-5-7-13(20)8-6-12/h5-8,11,14,16H,9-10H2,1-4H3. The molecule has 4 rings (SSSR count). The fourth-order valence-electron chi connectivity index (χ4n) is 3.87. The Kier molecular flexibility index (Phi) is 4.53. The van der Waals surface area contributed by atoms with Gasteiger partial charge in [0.1, 0.15) is 6.17 Å². The molecular formula is C19H23ClN6O2. The quantitative estimate of drug-likeness (QED) is 0.786. The number of urea groups is 1. The first-order valence-electron chi connectivity index (χ1n) is 9.33. The molecule has 0 spiro atoms. The number of imide groups is 1. The predicted octanol–water partition coefficient (Wildman–Crippen LogP) is 2.86. The van der Waals surface area contributed by atoms with Crippen LogP contribution in [0.15, 0.2) is 24.3 Å². The molecule has 2 atom stereocenters. The van der Waals surface area contributed by atoms with Crippen LogP contribution in [-0.4, -0.2) is 63.2 Å². The van der Waals surface area contributed by atoms with Gasteiger partial charge in [-0.3, -0.25) is 14.3 Å². The maximum absolute atomic E-state index is 13.0. The van der Waals surface area contributed by atoms with E-state index in [0.29, 0.717) is 29.3 Å². The number of halogens is 1. The van der Waals surface area contributed by atoms with Crippen molar-refractivity contribution in [3.05, 3.63) is 29.3 Å². The third-order valence-corrected chi connectivity index (χ3v) is 5.69. The number of nitrogens with zero attached hydrogens (tertiary/aromatic N) is 6. The summed E-state index contributed by atoms with van der Waals surface area (Å²) in [5.74, 6) is 1.49. The molecule has 2 aromatic rings. The van der Waals surface area contributed by atoms with Crippen LogP contribution >= 0.6 is 11.6 Å². The van der Waals surface area contributed by atoms with Gasteiger partial charge in [0.25, 0.3) is 5.91 Å². The molecule has 1 fully saturated rings. The predicted molar refractivity (Wildman–Crippen MR) is 106 cm³/mol. The molecule has 2 aliphatic heterocycles. The van der Waals surface area contributed by atoms with Crippen LogP contribution in [0.1, 0.15) is 26.4 Å². The van der Waals surface area contributed by atoms with Gasteiger partial charge in [-0.05, 0) is 36.6 Å². The second kappa shape index (κ2) is 6.77. The summed E-state index contributed by atoms with van der Waals surface area (Å²) in [6.45, 7) is 4.95. The summed E-state index contributed by atoms with van der Waals surface area (Å²) in [6, 6.07) is 6.46. The summed E-state index contributed by atoms with van der Waals surface area (Å²) in [6.07, 6.45) is 0.417. The van der Waals surface area contributed by atoms with Gasteiger partial charge in [0.2, 0.25) is 5.95 Å². The van der Waals surface area contributed by atoms with Crippen molar-refractivity contribution in [3.63, 3.8) is 0 Å². The molecule has 1 aromatic carbocycles. The number of hydrogen-bond acceptors (Lipinski definition) is 5. The van der Waals surface area contributed by atoms with E-state index in [1.807, 2.05) is 21.6 Å². The van der Waals surface area contributed by atoms with Crippen molar-refractivity contribution in [1.29, 1.82) is 0 Å². The van der Waals surface area contributed by atoms with Crippen LogP contribution in [0, 0.1) is 5.92 Å². The van der Waals surface area contributed by atoms with E-state index in [1.54, 1.807) is 24.1 Å². The second-order valence-corrected chi connectivity index (χ2v) is 8.16. The number of rotatable bonds is 4. The molecule has 148 valence electrons. The summed E-state index contributed by atoms with van der Waals surface area (Å²) in [5, 5.41) is 9.40. The van der Waals surface area contributed by atoms with Crippen molar-refractivity contribution in [3.8, 4) is 11.4 Å². The highest BCUT2D eigenvalue weighted by Gasteiger charge is 2.54. The van der Waals surface area contributed by atoms with Crippen molar-refractivity contribution >= 4 is 29.5 Å². The first kappa shape index (κ1) is 18.7. The maximum Gasteiger partial charge on any atom is 0.327 e. The first-order chi connectivity index (χ1) is 13.3. The lowest BCUT2D eigenvalue weighted by atomic mass is 10.1. The van der Waals surface area contributed by atoms with E-state index in [2.05, 4.69) is 24.0 Å². The molecule has 0 N–H and O–H groups in total. The molecule has 2 unspecified atom stereocenters. The average molecular weight is 403 g/mol. The molecule has 0 aliphatic carbocycles. The third-order valence-electron chi connectivity index (χ3n) is 5.44. The van der Waals surface area contributed by atoms with Gasteiger partial charge in [-0.25, -0.2) is 4.79 Å². The Morgan fingerprint density at radius 2 is 1.79 bits per heavy atom. The molecule has 8 nitrogen and oxygen atoms in total. The normalized spacial score (nSPS) is 21.6. The Morgan fingerprint density at radius 3 is 2.43 bits per heavy atom. The Balaban J connectivity index is 1.84. The molecule has 1 saturated heterocycles. The van der Waals surface area contributed by atoms with Crippen molar-refractivity contribution in [2.45, 2.75) is 32.5 Å². The number of aromatic nitrogens is 3. The molecule has 1 aromatic heterocycles. The largest absolute Gasteiger partial charge is 0.327 e. The SMILES string of the molecule is CC(C)CCN1c2nnc(-c3ccc(Cl)cc3)n2C2C1C(=O)N(C)C(=O)N2C. The fraction of sp³-hybridized carbons (Fsp3) is 0.474. The fourth-order valence-corrected chi connectivity index (χ4v) is 4.00. The van der Waals surface area contributed by atoms with Gasteiger partial charge < -0.3 is 9.80 Å². The number of hydrogen-bond donors (Lipinski definition) is 0. The monoisotopic (exact) mass is 402 g/mol. The number of benzene rings is 1. The van der Waals surface area contributed by atoms with E-state index in [0.717, 1.165) is 12.0 Å². The minimum atomic E-state index is -0.511. The Hall–Kier alpha value is -2.61. The second-order valence-electron chi connectivity index (χ2n) is 7.73. The Labute approximate surface area is 168 Å². The lowest BCUT2D eigenvalue weighted by molar-refractivity contribution is -0.133. The van der Waals surface area contributed by atoms with Crippen molar-refractivity contribution in [2.75, 3.05) is 25.5 Å². The third kappa shape index (κ3) is 2.74. The lowest BCUT2D eigenvalue weighted by Gasteiger charge is -2.40. The summed E-state index contributed by atoms with van der Waals surface area (Å²) in [7, 11) is 3.24. The van der Waals surface area contributed by atoms with Crippen LogP contribution in [0.3, 0.4) is 0 Å². The van der Waals surface area contributed by atoms with Gasteiger partial charge in [0.05, 0.1) is 0 Å². The van der Waals surface area contributed by atoms with Gasteiger partial charge in [0.15, 0.2) is 11.9 Å². The molecule has 3 amide bonds. The van der Waals surface area contributed by atoms with Crippen LogP contribution in [0.5, 0.6) is 0 Å². The molecular weight excluding hydrogens is 380 g/mol. The number of fused-ring (bicyclic) bond motifs is 3. The van der Waals surface area contributed by atoms with Gasteiger partial charge in [-0.1, -0.05) is 25.4 Å². The smallest absolute Gasteiger partial charge is 0.325 e. The highest BCUT2D eigenvalue weighted by molar-refractivity contribution is 6.30. The number of carbonyl (C=O) groups excluding carboxylic acids is 2. The van der Waals surface area contributed by atoms with Crippen LogP contribution in [0.2, 0.25) is 5.02 Å². The first-order valence-corrected chi connectivity index (χ1v) is 9.71. The molecule has 2 aliphatic rings. The zero-order chi connectivity index (χ0) is 20.2. The molecule has 9 heteroatoms. The molecule has 3 heterocycles. The van der Waals surface area contributed by atoms with Crippen LogP contribution < -0.4 is 4.90 Å². The van der Waals surface area contributed by atoms with Crippen LogP contribution in [0.4, 0.5) is 10.7 Å². The molecule has 0 radical (unpaired) electrons. The van der Waals surface area contributed by atoms with Crippen molar-refractivity contribution in [1.82, 2.24) is 24.6 Å². The van der Waals surface area contributed by atoms with Gasteiger partial charge in [0, 0.05) is 31.2 Å². The number of amides is 3. The molecule has 28 heavy (non-hydrogen) atoms. The Bertz CT molecular complexity index is 925. The van der Waals surface area contributed by atoms with Crippen molar-refractivity contribution < 1.29 is 9.59 Å². The minimum Gasteiger partial charge on any atom is -0.325 e. The molecule has 0 bridgehead atoms. The number of likely N-dealkylation sites (N-methyl/N-ethyl adjacent to an activating group) is 2. The van der Waals surface area contributed by atoms with E-state index in [9.17, 15) is 9.59 Å². The summed E-state index contributed by atoms with van der Waals surface area (Å²) in [4.78, 5) is 30.4. The topological polar surface area (TPSA) is 74.6 Å². The van der Waals surface area contributed by atoms with E-state index >= 15 is 0 Å². The summed E-state index contributed by atoms with van der Waals surface area (Å²) in [5.41, 5.74) is 0.833. The van der Waals surface area contributed by atoms with Gasteiger partial charge in [-0.15, -0.1) is 10.2 Å². The van der Waals surface area contributed by atoms with E-state index in [-0.39, 0.29) is 11.9 Å². The van der Waals surface area contributed by atoms with Crippen molar-refractivity contribution in [2.24, 2.45) is 5.92 Å². The molecule has 0 saturated carbocycles. The maximum atomic E-state index is 13.0. The number of anilines is 1. The van der Waals surface area contributed by atoms with E-state index in [4.69, 9.17) is 11.6 Å². The van der Waals surface area contributed by atoms with Gasteiger partial charge in [-0.2, -0.15) is 0 Å². The van der Waals surface area contributed by atoms with Gasteiger partial charge >= 0.3 is 6.03 Å². The summed E-state index contributed by atoms with van der Waals surface area (Å²) >= 11 is 6.02. The van der Waals surface area contributed by atoms with E-state index in [1.165, 1.54) is 11.9 Å². The highest BCUT2D eigenvalue weighted by atomic mass is 35.5. The lowest BCUT2D eigenvalue weighted by Crippen LogP contribution is -2.61. The summed E-state index contributed by atoms with van der Waals surface area (Å²) < 4.78 is 1.90. The van der Waals surface area contributed by atoms with E-state index < -0.39 is 12.2 Å². The van der Waals surface area contributed by atoms with Crippen LogP contribution in [-0.2, 0) is 4.79 Å². The average Bonchev–Trinajstić information content (AvgIpc) is 3.22.